The van der Waals surface area contributed by atoms with E-state index in [1.165, 1.54) is 12.1 Å². The van der Waals surface area contributed by atoms with Crippen LogP contribution in [0.2, 0.25) is 0 Å². The number of rotatable bonds is 4. The van der Waals surface area contributed by atoms with Gasteiger partial charge in [-0.05, 0) is 30.9 Å². The van der Waals surface area contributed by atoms with Gasteiger partial charge in [0.25, 0.3) is 0 Å². The minimum absolute atomic E-state index is 0.0998. The van der Waals surface area contributed by atoms with Gasteiger partial charge < -0.3 is 10.8 Å². The van der Waals surface area contributed by atoms with Gasteiger partial charge in [0.2, 0.25) is 10.0 Å². The molecule has 1 aromatic carbocycles. The van der Waals surface area contributed by atoms with Crippen molar-refractivity contribution in [1.29, 1.82) is 0 Å². The summed E-state index contributed by atoms with van der Waals surface area (Å²) < 4.78 is 39.6. The number of aliphatic hydroxyl groups excluding tert-OH is 1. The van der Waals surface area contributed by atoms with Crippen LogP contribution < -0.4 is 10.5 Å². The van der Waals surface area contributed by atoms with E-state index in [-0.39, 0.29) is 24.3 Å². The largest absolute Gasteiger partial charge is 0.398 e. The van der Waals surface area contributed by atoms with Gasteiger partial charge in [-0.15, -0.1) is 0 Å². The zero-order valence-corrected chi connectivity index (χ0v) is 10.5. The maximum atomic E-state index is 13.5. The summed E-state index contributed by atoms with van der Waals surface area (Å²) in [6.45, 7) is 0.188. The Hall–Kier alpha value is -1.18. The molecule has 1 saturated carbocycles. The molecule has 18 heavy (non-hydrogen) atoms. The highest BCUT2D eigenvalue weighted by Gasteiger charge is 2.29. The number of hydrogen-bond acceptors (Lipinski definition) is 4. The average molecular weight is 274 g/mol. The lowest BCUT2D eigenvalue weighted by atomic mass is 9.83. The summed E-state index contributed by atoms with van der Waals surface area (Å²) in [4.78, 5) is -0.509. The zero-order chi connectivity index (χ0) is 13.3. The Bertz CT molecular complexity index is 521. The molecular weight excluding hydrogens is 259 g/mol. The van der Waals surface area contributed by atoms with Crippen LogP contribution in [0.3, 0.4) is 0 Å². The van der Waals surface area contributed by atoms with E-state index in [0.29, 0.717) is 12.8 Å². The van der Waals surface area contributed by atoms with Crippen molar-refractivity contribution < 1.29 is 17.9 Å². The first-order chi connectivity index (χ1) is 8.40. The summed E-state index contributed by atoms with van der Waals surface area (Å²) >= 11 is 0. The van der Waals surface area contributed by atoms with Crippen LogP contribution in [0.1, 0.15) is 12.8 Å². The fourth-order valence-electron chi connectivity index (χ4n) is 1.98. The monoisotopic (exact) mass is 274 g/mol. The van der Waals surface area contributed by atoms with E-state index < -0.39 is 20.7 Å². The molecule has 0 atom stereocenters. The molecule has 1 aromatic rings. The van der Waals surface area contributed by atoms with Crippen LogP contribution in [0.4, 0.5) is 10.1 Å². The Balaban J connectivity index is 2.11. The molecule has 0 spiro atoms. The SMILES string of the molecule is Nc1cccc(F)c1S(=O)(=O)NCC1CC(O)C1. The normalized spacial score (nSPS) is 23.7. The van der Waals surface area contributed by atoms with E-state index in [2.05, 4.69) is 4.72 Å². The molecule has 0 heterocycles. The lowest BCUT2D eigenvalue weighted by molar-refractivity contribution is 0.0453. The van der Waals surface area contributed by atoms with Crippen LogP contribution in [0, 0.1) is 11.7 Å². The van der Waals surface area contributed by atoms with Crippen LogP contribution in [0.15, 0.2) is 23.1 Å². The van der Waals surface area contributed by atoms with Crippen LogP contribution in [0.5, 0.6) is 0 Å². The van der Waals surface area contributed by atoms with Crippen molar-refractivity contribution >= 4 is 15.7 Å². The molecule has 0 unspecified atom stereocenters. The predicted molar refractivity (Wildman–Crippen MR) is 64.7 cm³/mol. The molecule has 4 N–H and O–H groups in total. The molecule has 1 fully saturated rings. The summed E-state index contributed by atoms with van der Waals surface area (Å²) in [5, 5.41) is 9.10. The average Bonchev–Trinajstić information content (AvgIpc) is 2.22. The van der Waals surface area contributed by atoms with Crippen LogP contribution >= 0.6 is 0 Å². The maximum Gasteiger partial charge on any atom is 0.245 e. The van der Waals surface area contributed by atoms with Crippen molar-refractivity contribution in [1.82, 2.24) is 4.72 Å². The van der Waals surface area contributed by atoms with Gasteiger partial charge in [-0.25, -0.2) is 17.5 Å². The molecule has 0 aliphatic heterocycles. The molecule has 0 aromatic heterocycles. The predicted octanol–water partition coefficient (Wildman–Crippen LogP) is 0.457. The van der Waals surface area contributed by atoms with Crippen molar-refractivity contribution in [2.75, 3.05) is 12.3 Å². The van der Waals surface area contributed by atoms with Crippen molar-refractivity contribution in [3.8, 4) is 0 Å². The molecule has 7 heteroatoms. The maximum absolute atomic E-state index is 13.5. The Morgan fingerprint density at radius 2 is 2.11 bits per heavy atom. The van der Waals surface area contributed by atoms with E-state index in [4.69, 9.17) is 10.8 Å². The molecule has 100 valence electrons. The summed E-state index contributed by atoms with van der Waals surface area (Å²) in [6, 6.07) is 3.74. The Kier molecular flexibility index (Phi) is 3.56. The number of sulfonamides is 1. The van der Waals surface area contributed by atoms with E-state index in [1.807, 2.05) is 0 Å². The number of nitrogens with one attached hydrogen (secondary N) is 1. The fourth-order valence-corrected chi connectivity index (χ4v) is 3.28. The highest BCUT2D eigenvalue weighted by atomic mass is 32.2. The van der Waals surface area contributed by atoms with Crippen molar-refractivity contribution in [3.05, 3.63) is 24.0 Å². The van der Waals surface area contributed by atoms with Crippen LogP contribution in [-0.4, -0.2) is 26.2 Å². The second-order valence-electron chi connectivity index (χ2n) is 4.50. The van der Waals surface area contributed by atoms with Gasteiger partial charge in [-0.3, -0.25) is 0 Å². The highest BCUT2D eigenvalue weighted by Crippen LogP contribution is 2.27. The third-order valence-electron chi connectivity index (χ3n) is 3.04. The Morgan fingerprint density at radius 1 is 1.44 bits per heavy atom. The number of nitrogens with two attached hydrogens (primary N) is 1. The molecule has 0 radical (unpaired) electrons. The summed E-state index contributed by atoms with van der Waals surface area (Å²) in [5.41, 5.74) is 5.37. The van der Waals surface area contributed by atoms with Crippen molar-refractivity contribution in [2.45, 2.75) is 23.8 Å². The minimum Gasteiger partial charge on any atom is -0.398 e. The second-order valence-corrected chi connectivity index (χ2v) is 6.21. The lowest BCUT2D eigenvalue weighted by Crippen LogP contribution is -2.38. The van der Waals surface area contributed by atoms with Gasteiger partial charge in [0, 0.05) is 6.54 Å². The highest BCUT2D eigenvalue weighted by molar-refractivity contribution is 7.89. The first kappa shape index (κ1) is 13.3. The molecule has 5 nitrogen and oxygen atoms in total. The minimum atomic E-state index is -3.94. The molecule has 0 amide bonds. The standard InChI is InChI=1S/C11H15FN2O3S/c12-9-2-1-3-10(13)11(9)18(16,17)14-6-7-4-8(15)5-7/h1-3,7-8,14-15H,4-6,13H2. The van der Waals surface area contributed by atoms with Crippen molar-refractivity contribution in [3.63, 3.8) is 0 Å². The first-order valence-corrected chi connectivity index (χ1v) is 7.10. The van der Waals surface area contributed by atoms with Gasteiger partial charge in [-0.1, -0.05) is 6.07 Å². The van der Waals surface area contributed by atoms with E-state index in [1.54, 1.807) is 0 Å². The van der Waals surface area contributed by atoms with Crippen LogP contribution in [0.25, 0.3) is 0 Å². The van der Waals surface area contributed by atoms with E-state index >= 15 is 0 Å². The zero-order valence-electron chi connectivity index (χ0n) is 9.64. The number of aliphatic hydroxyl groups is 1. The number of nitrogen functional groups attached to an aromatic ring is 1. The topological polar surface area (TPSA) is 92.4 Å². The number of hydrogen-bond donors (Lipinski definition) is 3. The Labute approximate surface area is 105 Å². The number of benzene rings is 1. The van der Waals surface area contributed by atoms with Gasteiger partial charge in [-0.2, -0.15) is 0 Å². The smallest absolute Gasteiger partial charge is 0.245 e. The second kappa shape index (κ2) is 4.83. The molecule has 1 aliphatic carbocycles. The van der Waals surface area contributed by atoms with Gasteiger partial charge in [0.1, 0.15) is 10.7 Å². The third kappa shape index (κ3) is 2.63. The third-order valence-corrected chi connectivity index (χ3v) is 4.55. The molecular formula is C11H15FN2O3S. The quantitative estimate of drug-likeness (QED) is 0.695. The number of halogens is 1. The van der Waals surface area contributed by atoms with Gasteiger partial charge >= 0.3 is 0 Å². The Morgan fingerprint density at radius 3 is 2.67 bits per heavy atom. The number of anilines is 1. The first-order valence-electron chi connectivity index (χ1n) is 5.62. The summed E-state index contributed by atoms with van der Waals surface area (Å²) in [7, 11) is -3.94. The molecule has 2 rings (SSSR count). The van der Waals surface area contributed by atoms with Gasteiger partial charge in [0.05, 0.1) is 11.8 Å². The van der Waals surface area contributed by atoms with Crippen LogP contribution in [-0.2, 0) is 10.0 Å². The van der Waals surface area contributed by atoms with Crippen molar-refractivity contribution in [2.24, 2.45) is 5.92 Å². The molecule has 0 saturated heterocycles. The van der Waals surface area contributed by atoms with E-state index in [0.717, 1.165) is 6.07 Å². The van der Waals surface area contributed by atoms with Gasteiger partial charge in [0.15, 0.2) is 0 Å². The summed E-state index contributed by atoms with van der Waals surface area (Å²) in [6.07, 6.45) is 0.780. The van der Waals surface area contributed by atoms with E-state index in [9.17, 15) is 12.8 Å². The molecule has 0 bridgehead atoms. The molecule has 1 aliphatic rings. The fraction of sp³-hybridized carbons (Fsp3) is 0.455. The summed E-state index contributed by atoms with van der Waals surface area (Å²) in [5.74, 6) is -0.765. The lowest BCUT2D eigenvalue weighted by Gasteiger charge is -2.31.